The summed E-state index contributed by atoms with van der Waals surface area (Å²) in [6, 6.07) is 0. The molecule has 1 spiro atoms. The van der Waals surface area contributed by atoms with E-state index < -0.39 is 5.79 Å². The molecule has 0 aromatic rings. The van der Waals surface area contributed by atoms with E-state index in [-0.39, 0.29) is 16.9 Å². The van der Waals surface area contributed by atoms with Gasteiger partial charge in [-0.1, -0.05) is 27.2 Å². The third-order valence-corrected chi connectivity index (χ3v) is 6.13. The van der Waals surface area contributed by atoms with Crippen molar-refractivity contribution in [2.75, 3.05) is 13.2 Å². The Hall–Kier alpha value is -0.120. The van der Waals surface area contributed by atoms with Crippen LogP contribution in [-0.4, -0.2) is 30.2 Å². The fourth-order valence-corrected chi connectivity index (χ4v) is 4.93. The normalized spacial score (nSPS) is 46.0. The summed E-state index contributed by atoms with van der Waals surface area (Å²) in [6.07, 6.45) is 5.05. The van der Waals surface area contributed by atoms with Crippen molar-refractivity contribution in [2.45, 2.75) is 64.8 Å². The Morgan fingerprint density at radius 1 is 1.00 bits per heavy atom. The molecule has 0 bridgehead atoms. The van der Waals surface area contributed by atoms with Gasteiger partial charge in [-0.2, -0.15) is 0 Å². The molecule has 3 nitrogen and oxygen atoms in total. The van der Waals surface area contributed by atoms with Crippen molar-refractivity contribution in [2.24, 2.45) is 16.7 Å². The molecule has 3 fully saturated rings. The molecule has 0 radical (unpaired) electrons. The van der Waals surface area contributed by atoms with E-state index in [2.05, 4.69) is 20.8 Å². The molecule has 3 rings (SSSR count). The zero-order valence-corrected chi connectivity index (χ0v) is 11.9. The van der Waals surface area contributed by atoms with Crippen LogP contribution in [0.4, 0.5) is 0 Å². The highest BCUT2D eigenvalue weighted by atomic mass is 16.7. The Balaban J connectivity index is 1.97. The second-order valence-electron chi connectivity index (χ2n) is 7.18. The van der Waals surface area contributed by atoms with Crippen molar-refractivity contribution in [3.8, 4) is 0 Å². The maximum atomic E-state index is 10.4. The summed E-state index contributed by atoms with van der Waals surface area (Å²) in [7, 11) is 0. The van der Waals surface area contributed by atoms with Gasteiger partial charge >= 0.3 is 0 Å². The highest BCUT2D eigenvalue weighted by molar-refractivity contribution is 5.08. The van der Waals surface area contributed by atoms with E-state index >= 15 is 0 Å². The summed E-state index contributed by atoms with van der Waals surface area (Å²) >= 11 is 0. The molecule has 1 heterocycles. The molecule has 3 atom stereocenters. The topological polar surface area (TPSA) is 38.7 Å². The van der Waals surface area contributed by atoms with Crippen molar-refractivity contribution in [1.82, 2.24) is 0 Å². The number of aliphatic hydroxyl groups is 1. The largest absolute Gasteiger partial charge is 0.393 e. The second kappa shape index (κ2) is 3.94. The molecule has 104 valence electrons. The average Bonchev–Trinajstić information content (AvgIpc) is 2.79. The van der Waals surface area contributed by atoms with Crippen molar-refractivity contribution in [3.63, 3.8) is 0 Å². The first-order chi connectivity index (χ1) is 8.42. The molecule has 3 heteroatoms. The standard InChI is InChI=1S/C15H26O3/c1-13(2)11-5-4-6-12(16)14(11,3)7-8-15(13)17-9-10-18-15/h11-12,16H,4-10H2,1-3H3/t11-,12-,14-/m1/s1. The van der Waals surface area contributed by atoms with Crippen molar-refractivity contribution < 1.29 is 14.6 Å². The highest BCUT2D eigenvalue weighted by Gasteiger charge is 2.63. The summed E-state index contributed by atoms with van der Waals surface area (Å²) in [5.74, 6) is 0.0921. The van der Waals surface area contributed by atoms with Crippen LogP contribution in [0, 0.1) is 16.7 Å². The Morgan fingerprint density at radius 2 is 1.67 bits per heavy atom. The van der Waals surface area contributed by atoms with E-state index in [1.807, 2.05) is 0 Å². The van der Waals surface area contributed by atoms with E-state index in [0.717, 1.165) is 38.9 Å². The van der Waals surface area contributed by atoms with E-state index in [1.54, 1.807) is 0 Å². The summed E-state index contributed by atoms with van der Waals surface area (Å²) in [6.45, 7) is 8.26. The minimum absolute atomic E-state index is 0.0160. The SMILES string of the molecule is CC1(C)[C@H]2CCC[C@@H](O)[C@]2(C)CCC12OCCO2. The molecular weight excluding hydrogens is 228 g/mol. The lowest BCUT2D eigenvalue weighted by atomic mass is 9.48. The minimum atomic E-state index is -0.395. The van der Waals surface area contributed by atoms with E-state index in [9.17, 15) is 5.11 Å². The molecule has 1 aliphatic heterocycles. The number of fused-ring (bicyclic) bond motifs is 1. The quantitative estimate of drug-likeness (QED) is 0.722. The minimum Gasteiger partial charge on any atom is -0.393 e. The molecule has 3 aliphatic rings. The van der Waals surface area contributed by atoms with Gasteiger partial charge in [-0.3, -0.25) is 0 Å². The summed E-state index contributed by atoms with van der Waals surface area (Å²) < 4.78 is 12.0. The highest BCUT2D eigenvalue weighted by Crippen LogP contribution is 2.62. The van der Waals surface area contributed by atoms with Gasteiger partial charge in [-0.25, -0.2) is 0 Å². The van der Waals surface area contributed by atoms with Crippen LogP contribution >= 0.6 is 0 Å². The van der Waals surface area contributed by atoms with E-state index in [4.69, 9.17) is 9.47 Å². The molecule has 18 heavy (non-hydrogen) atoms. The van der Waals surface area contributed by atoms with E-state index in [0.29, 0.717) is 5.92 Å². The van der Waals surface area contributed by atoms with Crippen LogP contribution in [0.25, 0.3) is 0 Å². The Morgan fingerprint density at radius 3 is 2.33 bits per heavy atom. The number of aliphatic hydroxyl groups excluding tert-OH is 1. The molecule has 0 aromatic heterocycles. The molecule has 0 aromatic carbocycles. The van der Waals surface area contributed by atoms with Crippen molar-refractivity contribution >= 4 is 0 Å². The zero-order chi connectivity index (χ0) is 13.0. The lowest BCUT2D eigenvalue weighted by molar-refractivity contribution is -0.297. The van der Waals surface area contributed by atoms with Gasteiger partial charge in [0.25, 0.3) is 0 Å². The average molecular weight is 254 g/mol. The van der Waals surface area contributed by atoms with E-state index in [1.165, 1.54) is 6.42 Å². The molecule has 2 aliphatic carbocycles. The first-order valence-electron chi connectivity index (χ1n) is 7.38. The van der Waals surface area contributed by atoms with Crippen LogP contribution in [0.15, 0.2) is 0 Å². The number of ether oxygens (including phenoxy) is 2. The molecule has 2 saturated carbocycles. The van der Waals surface area contributed by atoms with Crippen LogP contribution in [0.3, 0.4) is 0 Å². The maximum Gasteiger partial charge on any atom is 0.173 e. The van der Waals surface area contributed by atoms with Crippen LogP contribution in [0.1, 0.15) is 52.9 Å². The smallest absolute Gasteiger partial charge is 0.173 e. The Labute approximate surface area is 110 Å². The maximum absolute atomic E-state index is 10.4. The molecule has 1 saturated heterocycles. The lowest BCUT2D eigenvalue weighted by Gasteiger charge is -2.61. The van der Waals surface area contributed by atoms with Crippen LogP contribution in [0.2, 0.25) is 0 Å². The fraction of sp³-hybridized carbons (Fsp3) is 1.00. The van der Waals surface area contributed by atoms with Gasteiger partial charge in [0, 0.05) is 11.8 Å². The van der Waals surface area contributed by atoms with Gasteiger partial charge in [0.15, 0.2) is 5.79 Å². The van der Waals surface area contributed by atoms with Gasteiger partial charge in [0.1, 0.15) is 0 Å². The number of hydrogen-bond donors (Lipinski definition) is 1. The van der Waals surface area contributed by atoms with Crippen LogP contribution in [0.5, 0.6) is 0 Å². The Bertz CT molecular complexity index is 333. The number of rotatable bonds is 0. The predicted molar refractivity (Wildman–Crippen MR) is 69.1 cm³/mol. The monoisotopic (exact) mass is 254 g/mol. The molecule has 1 N–H and O–H groups in total. The first-order valence-corrected chi connectivity index (χ1v) is 7.38. The summed E-state index contributed by atoms with van der Waals surface area (Å²) in [4.78, 5) is 0. The second-order valence-corrected chi connectivity index (χ2v) is 7.18. The van der Waals surface area contributed by atoms with Gasteiger partial charge in [-0.05, 0) is 30.6 Å². The van der Waals surface area contributed by atoms with Crippen LogP contribution < -0.4 is 0 Å². The summed E-state index contributed by atoms with van der Waals surface area (Å²) in [5.41, 5.74) is 0.0280. The lowest BCUT2D eigenvalue weighted by Crippen LogP contribution is -2.62. The van der Waals surface area contributed by atoms with Crippen molar-refractivity contribution in [3.05, 3.63) is 0 Å². The summed E-state index contributed by atoms with van der Waals surface area (Å²) in [5, 5.41) is 10.4. The van der Waals surface area contributed by atoms with Crippen LogP contribution in [-0.2, 0) is 9.47 Å². The zero-order valence-electron chi connectivity index (χ0n) is 11.9. The third-order valence-electron chi connectivity index (χ3n) is 6.13. The fourth-order valence-electron chi connectivity index (χ4n) is 4.93. The molecule has 0 unspecified atom stereocenters. The van der Waals surface area contributed by atoms with Gasteiger partial charge in [0.05, 0.1) is 19.3 Å². The molecule has 0 amide bonds. The van der Waals surface area contributed by atoms with Gasteiger partial charge < -0.3 is 14.6 Å². The van der Waals surface area contributed by atoms with Crippen molar-refractivity contribution in [1.29, 1.82) is 0 Å². The predicted octanol–water partition coefficient (Wildman–Crippen LogP) is 2.72. The first kappa shape index (κ1) is 12.9. The number of hydrogen-bond acceptors (Lipinski definition) is 3. The van der Waals surface area contributed by atoms with Gasteiger partial charge in [-0.15, -0.1) is 0 Å². The Kier molecular flexibility index (Phi) is 2.82. The third kappa shape index (κ3) is 1.47. The molecular formula is C15H26O3. The van der Waals surface area contributed by atoms with Gasteiger partial charge in [0.2, 0.25) is 0 Å².